The smallest absolute Gasteiger partial charge is 0.329 e. The van der Waals surface area contributed by atoms with E-state index in [1.54, 1.807) is 18.3 Å². The number of carboxylic acids is 1. The highest BCUT2D eigenvalue weighted by molar-refractivity contribution is 8.14. The molecule has 2 rings (SSSR count). The zero-order chi connectivity index (χ0) is 11.5. The average molecular weight is 238 g/mol. The quantitative estimate of drug-likeness (QED) is 0.818. The van der Waals surface area contributed by atoms with E-state index in [-0.39, 0.29) is 5.75 Å². The minimum absolute atomic E-state index is 0.115. The van der Waals surface area contributed by atoms with Crippen molar-refractivity contribution in [3.63, 3.8) is 0 Å². The van der Waals surface area contributed by atoms with Crippen LogP contribution in [0.15, 0.2) is 23.3 Å². The number of aliphatic imine (C=N–C) groups is 1. The van der Waals surface area contributed by atoms with Crippen LogP contribution >= 0.6 is 11.8 Å². The third-order valence-electron chi connectivity index (χ3n) is 2.18. The molecule has 0 unspecified atom stereocenters. The highest BCUT2D eigenvalue weighted by Crippen LogP contribution is 2.23. The van der Waals surface area contributed by atoms with Crippen LogP contribution in [-0.2, 0) is 11.2 Å². The van der Waals surface area contributed by atoms with Crippen LogP contribution < -0.4 is 0 Å². The Morgan fingerprint density at radius 1 is 1.62 bits per heavy atom. The number of nitrogens with zero attached hydrogens (tertiary/aromatic N) is 2. The fourth-order valence-electron chi connectivity index (χ4n) is 1.36. The topological polar surface area (TPSA) is 82.8 Å². The number of hydrogen-bond donors (Lipinski definition) is 2. The third-order valence-corrected chi connectivity index (χ3v) is 3.24. The van der Waals surface area contributed by atoms with E-state index in [0.717, 1.165) is 0 Å². The van der Waals surface area contributed by atoms with E-state index < -0.39 is 12.0 Å². The molecule has 0 saturated heterocycles. The molecule has 1 aromatic heterocycles. The molecule has 0 spiro atoms. The Balaban J connectivity index is 2.09. The van der Waals surface area contributed by atoms with Gasteiger partial charge in [-0.25, -0.2) is 4.79 Å². The number of pyridine rings is 1. The molecule has 2 N–H and O–H groups in total. The molecule has 0 bridgehead atoms. The molecule has 1 atom stereocenters. The molecule has 1 aliphatic heterocycles. The van der Waals surface area contributed by atoms with Crippen molar-refractivity contribution in [2.75, 3.05) is 5.75 Å². The lowest BCUT2D eigenvalue weighted by Gasteiger charge is -2.01. The molecule has 1 aliphatic rings. The van der Waals surface area contributed by atoms with Crippen LogP contribution in [-0.4, -0.2) is 38.0 Å². The monoisotopic (exact) mass is 238 g/mol. The molecular weight excluding hydrogens is 228 g/mol. The van der Waals surface area contributed by atoms with E-state index in [0.29, 0.717) is 22.9 Å². The SMILES string of the molecule is O=C(O)[C@H]1CSC(Cc2ncccc2O)=N1. The number of thioether (sulfide) groups is 1. The van der Waals surface area contributed by atoms with Crippen molar-refractivity contribution >= 4 is 22.8 Å². The Labute approximate surface area is 96.2 Å². The van der Waals surface area contributed by atoms with Crippen LogP contribution in [0, 0.1) is 0 Å². The highest BCUT2D eigenvalue weighted by Gasteiger charge is 2.24. The zero-order valence-electron chi connectivity index (χ0n) is 8.33. The Bertz CT molecular complexity index is 447. The minimum Gasteiger partial charge on any atom is -0.506 e. The molecule has 0 fully saturated rings. The van der Waals surface area contributed by atoms with Gasteiger partial charge >= 0.3 is 5.97 Å². The van der Waals surface area contributed by atoms with Gasteiger partial charge in [-0.05, 0) is 12.1 Å². The molecule has 0 aromatic carbocycles. The molecule has 6 heteroatoms. The first-order valence-electron chi connectivity index (χ1n) is 4.72. The molecule has 84 valence electrons. The summed E-state index contributed by atoms with van der Waals surface area (Å²) >= 11 is 1.40. The molecule has 0 amide bonds. The molecule has 0 saturated carbocycles. The van der Waals surface area contributed by atoms with Gasteiger partial charge in [0, 0.05) is 18.4 Å². The van der Waals surface area contributed by atoms with E-state index in [1.165, 1.54) is 11.8 Å². The first-order chi connectivity index (χ1) is 7.66. The van der Waals surface area contributed by atoms with Crippen LogP contribution in [0.4, 0.5) is 0 Å². The summed E-state index contributed by atoms with van der Waals surface area (Å²) in [4.78, 5) is 18.8. The Morgan fingerprint density at radius 3 is 3.06 bits per heavy atom. The van der Waals surface area contributed by atoms with Crippen LogP contribution in [0.5, 0.6) is 5.75 Å². The summed E-state index contributed by atoms with van der Waals surface area (Å²) in [5, 5.41) is 19.0. The summed E-state index contributed by atoms with van der Waals surface area (Å²) in [6, 6.07) is 2.53. The summed E-state index contributed by atoms with van der Waals surface area (Å²) in [5.74, 6) is -0.338. The Hall–Kier alpha value is -1.56. The Morgan fingerprint density at radius 2 is 2.44 bits per heavy atom. The maximum atomic E-state index is 10.7. The van der Waals surface area contributed by atoms with Gasteiger partial charge in [-0.1, -0.05) is 0 Å². The first kappa shape index (κ1) is 10.9. The fourth-order valence-corrected chi connectivity index (χ4v) is 2.36. The Kier molecular flexibility index (Phi) is 3.09. The van der Waals surface area contributed by atoms with Crippen LogP contribution in [0.2, 0.25) is 0 Å². The largest absolute Gasteiger partial charge is 0.506 e. The van der Waals surface area contributed by atoms with Crippen molar-refractivity contribution in [1.82, 2.24) is 4.98 Å². The van der Waals surface area contributed by atoms with Crippen molar-refractivity contribution < 1.29 is 15.0 Å². The van der Waals surface area contributed by atoms with Gasteiger partial charge in [0.05, 0.1) is 10.7 Å². The molecular formula is C10H10N2O3S. The molecule has 0 radical (unpaired) electrons. The second-order valence-corrected chi connectivity index (χ2v) is 4.43. The molecule has 1 aromatic rings. The molecule has 2 heterocycles. The summed E-state index contributed by atoms with van der Waals surface area (Å²) in [7, 11) is 0. The molecule has 5 nitrogen and oxygen atoms in total. The number of aliphatic carboxylic acids is 1. The summed E-state index contributed by atoms with van der Waals surface area (Å²) in [6.07, 6.45) is 1.98. The minimum atomic E-state index is -0.909. The van der Waals surface area contributed by atoms with Gasteiger partial charge in [0.25, 0.3) is 0 Å². The highest BCUT2D eigenvalue weighted by atomic mass is 32.2. The number of carbonyl (C=O) groups is 1. The van der Waals surface area contributed by atoms with Crippen molar-refractivity contribution in [3.05, 3.63) is 24.0 Å². The van der Waals surface area contributed by atoms with Crippen LogP contribution in [0.1, 0.15) is 5.69 Å². The molecule has 16 heavy (non-hydrogen) atoms. The number of aromatic nitrogens is 1. The zero-order valence-corrected chi connectivity index (χ0v) is 9.15. The van der Waals surface area contributed by atoms with Crippen LogP contribution in [0.3, 0.4) is 0 Å². The number of aromatic hydroxyl groups is 1. The first-order valence-corrected chi connectivity index (χ1v) is 5.70. The predicted molar refractivity (Wildman–Crippen MR) is 60.9 cm³/mol. The van der Waals surface area contributed by atoms with Crippen molar-refractivity contribution in [1.29, 1.82) is 0 Å². The summed E-state index contributed by atoms with van der Waals surface area (Å²) < 4.78 is 0. The van der Waals surface area contributed by atoms with Gasteiger partial charge in [-0.3, -0.25) is 9.98 Å². The predicted octanol–water partition coefficient (Wildman–Crippen LogP) is 0.928. The normalized spacial score (nSPS) is 19.5. The second-order valence-electron chi connectivity index (χ2n) is 3.33. The maximum absolute atomic E-state index is 10.7. The lowest BCUT2D eigenvalue weighted by atomic mass is 10.2. The number of carboxylic acid groups (broad SMARTS) is 1. The van der Waals surface area contributed by atoms with Gasteiger partial charge in [0.1, 0.15) is 5.75 Å². The average Bonchev–Trinajstić information content (AvgIpc) is 2.70. The molecule has 0 aliphatic carbocycles. The number of rotatable bonds is 3. The van der Waals surface area contributed by atoms with Gasteiger partial charge in [-0.15, -0.1) is 11.8 Å². The van der Waals surface area contributed by atoms with E-state index in [1.807, 2.05) is 0 Å². The van der Waals surface area contributed by atoms with Crippen molar-refractivity contribution in [2.45, 2.75) is 12.5 Å². The van der Waals surface area contributed by atoms with E-state index in [2.05, 4.69) is 9.98 Å². The van der Waals surface area contributed by atoms with Crippen molar-refractivity contribution in [2.24, 2.45) is 4.99 Å². The summed E-state index contributed by atoms with van der Waals surface area (Å²) in [5.41, 5.74) is 0.528. The van der Waals surface area contributed by atoms with E-state index >= 15 is 0 Å². The van der Waals surface area contributed by atoms with Crippen LogP contribution in [0.25, 0.3) is 0 Å². The van der Waals surface area contributed by atoms with Crippen molar-refractivity contribution in [3.8, 4) is 5.75 Å². The fraction of sp³-hybridized carbons (Fsp3) is 0.300. The summed E-state index contributed by atoms with van der Waals surface area (Å²) in [6.45, 7) is 0. The lowest BCUT2D eigenvalue weighted by Crippen LogP contribution is -2.17. The standard InChI is InChI=1S/C10H10N2O3S/c13-8-2-1-3-11-6(8)4-9-12-7(5-16-9)10(14)15/h1-3,7,13H,4-5H2,(H,14,15)/t7-/m1/s1. The lowest BCUT2D eigenvalue weighted by molar-refractivity contribution is -0.137. The van der Waals surface area contributed by atoms with Gasteiger partial charge in [0.2, 0.25) is 0 Å². The second kappa shape index (κ2) is 4.52. The van der Waals surface area contributed by atoms with Gasteiger partial charge in [0.15, 0.2) is 6.04 Å². The third kappa shape index (κ3) is 2.33. The number of hydrogen-bond acceptors (Lipinski definition) is 5. The van der Waals surface area contributed by atoms with E-state index in [9.17, 15) is 9.90 Å². The van der Waals surface area contributed by atoms with Gasteiger partial charge in [-0.2, -0.15) is 0 Å². The van der Waals surface area contributed by atoms with E-state index in [4.69, 9.17) is 5.11 Å². The maximum Gasteiger partial charge on any atom is 0.329 e. The van der Waals surface area contributed by atoms with Gasteiger partial charge < -0.3 is 10.2 Å².